The van der Waals surface area contributed by atoms with Crippen LogP contribution in [0.15, 0.2) is 30.7 Å². The molecular formula is C13H16FN5O. The van der Waals surface area contributed by atoms with E-state index in [1.165, 1.54) is 12.1 Å². The van der Waals surface area contributed by atoms with Crippen LogP contribution in [0.25, 0.3) is 0 Å². The van der Waals surface area contributed by atoms with E-state index in [2.05, 4.69) is 20.7 Å². The van der Waals surface area contributed by atoms with Gasteiger partial charge in [0, 0.05) is 19.8 Å². The van der Waals surface area contributed by atoms with Gasteiger partial charge in [0.1, 0.15) is 11.6 Å². The maximum absolute atomic E-state index is 12.6. The summed E-state index contributed by atoms with van der Waals surface area (Å²) in [7, 11) is 1.87. The molecular weight excluding hydrogens is 261 g/mol. The Bertz CT molecular complexity index is 566. The fourth-order valence-corrected chi connectivity index (χ4v) is 1.71. The van der Waals surface area contributed by atoms with Crippen LogP contribution in [0.1, 0.15) is 12.0 Å². The number of nitrogens with zero attached hydrogens (tertiary/aromatic N) is 3. The summed E-state index contributed by atoms with van der Waals surface area (Å²) >= 11 is 0. The second-order valence-electron chi connectivity index (χ2n) is 4.37. The number of hydrogen-bond acceptors (Lipinski definition) is 3. The highest BCUT2D eigenvalue weighted by Crippen LogP contribution is 2.03. The lowest BCUT2D eigenvalue weighted by atomic mass is 10.2. The number of carbonyl (C=O) groups is 1. The van der Waals surface area contributed by atoms with E-state index in [0.29, 0.717) is 12.4 Å². The Morgan fingerprint density at radius 1 is 1.40 bits per heavy atom. The summed E-state index contributed by atoms with van der Waals surface area (Å²) in [5, 5.41) is 9.31. The predicted molar refractivity (Wildman–Crippen MR) is 72.7 cm³/mol. The van der Waals surface area contributed by atoms with Crippen LogP contribution in [-0.4, -0.2) is 27.3 Å². The van der Waals surface area contributed by atoms with Gasteiger partial charge in [-0.25, -0.2) is 14.2 Å². The fraction of sp³-hybridized carbons (Fsp3) is 0.308. The van der Waals surface area contributed by atoms with E-state index in [0.717, 1.165) is 24.6 Å². The van der Waals surface area contributed by atoms with Crippen molar-refractivity contribution >= 4 is 11.8 Å². The maximum atomic E-state index is 12.6. The van der Waals surface area contributed by atoms with E-state index in [1.54, 1.807) is 4.68 Å². The van der Waals surface area contributed by atoms with Crippen LogP contribution in [0.5, 0.6) is 0 Å². The van der Waals surface area contributed by atoms with Gasteiger partial charge in [-0.2, -0.15) is 5.10 Å². The average Bonchev–Trinajstić information content (AvgIpc) is 2.83. The predicted octanol–water partition coefficient (Wildman–Crippen LogP) is 1.71. The lowest BCUT2D eigenvalue weighted by molar-refractivity contribution is 0.252. The molecule has 0 bridgehead atoms. The number of nitrogens with one attached hydrogen (secondary N) is 2. The monoisotopic (exact) mass is 277 g/mol. The SMILES string of the molecule is Cn1cc(CCCNC(=O)Nc2ccc(F)cn2)cn1. The molecule has 106 valence electrons. The first-order chi connectivity index (χ1) is 9.63. The third kappa shape index (κ3) is 4.34. The molecule has 20 heavy (non-hydrogen) atoms. The van der Waals surface area contributed by atoms with Crippen molar-refractivity contribution in [1.29, 1.82) is 0 Å². The van der Waals surface area contributed by atoms with Crippen molar-refractivity contribution in [3.8, 4) is 0 Å². The molecule has 7 heteroatoms. The summed E-state index contributed by atoms with van der Waals surface area (Å²) in [6, 6.07) is 2.30. The molecule has 0 radical (unpaired) electrons. The number of carbonyl (C=O) groups excluding carboxylic acids is 1. The summed E-state index contributed by atoms with van der Waals surface area (Å²) < 4.78 is 14.4. The van der Waals surface area contributed by atoms with Crippen molar-refractivity contribution in [3.05, 3.63) is 42.1 Å². The van der Waals surface area contributed by atoms with Crippen LogP contribution >= 0.6 is 0 Å². The van der Waals surface area contributed by atoms with Crippen LogP contribution in [0.2, 0.25) is 0 Å². The van der Waals surface area contributed by atoms with E-state index in [1.807, 2.05) is 19.4 Å². The van der Waals surface area contributed by atoms with Crippen molar-refractivity contribution < 1.29 is 9.18 Å². The van der Waals surface area contributed by atoms with Gasteiger partial charge in [-0.1, -0.05) is 0 Å². The number of anilines is 1. The van der Waals surface area contributed by atoms with Crippen LogP contribution in [-0.2, 0) is 13.5 Å². The Morgan fingerprint density at radius 3 is 2.90 bits per heavy atom. The highest BCUT2D eigenvalue weighted by molar-refractivity contribution is 5.88. The summed E-state index contributed by atoms with van der Waals surface area (Å²) in [4.78, 5) is 15.3. The second kappa shape index (κ2) is 6.65. The molecule has 0 aliphatic rings. The van der Waals surface area contributed by atoms with E-state index >= 15 is 0 Å². The molecule has 2 aromatic rings. The molecule has 0 aliphatic heterocycles. The first-order valence-corrected chi connectivity index (χ1v) is 6.27. The Kier molecular flexibility index (Phi) is 4.65. The summed E-state index contributed by atoms with van der Waals surface area (Å²) in [6.07, 6.45) is 6.47. The van der Waals surface area contributed by atoms with Crippen molar-refractivity contribution in [2.75, 3.05) is 11.9 Å². The highest BCUT2D eigenvalue weighted by atomic mass is 19.1. The molecule has 2 rings (SSSR count). The lowest BCUT2D eigenvalue weighted by Gasteiger charge is -2.06. The second-order valence-corrected chi connectivity index (χ2v) is 4.37. The number of aryl methyl sites for hydroxylation is 2. The zero-order valence-corrected chi connectivity index (χ0v) is 11.1. The number of aromatic nitrogens is 3. The number of urea groups is 1. The molecule has 0 aromatic carbocycles. The Morgan fingerprint density at radius 2 is 2.25 bits per heavy atom. The molecule has 0 saturated heterocycles. The average molecular weight is 277 g/mol. The first kappa shape index (κ1) is 14.0. The molecule has 0 fully saturated rings. The molecule has 0 spiro atoms. The van der Waals surface area contributed by atoms with E-state index in [-0.39, 0.29) is 6.03 Å². The Labute approximate surface area is 116 Å². The first-order valence-electron chi connectivity index (χ1n) is 6.27. The number of amides is 2. The van der Waals surface area contributed by atoms with Crippen molar-refractivity contribution in [2.24, 2.45) is 7.05 Å². The van der Waals surface area contributed by atoms with E-state index < -0.39 is 5.82 Å². The molecule has 2 amide bonds. The molecule has 6 nitrogen and oxygen atoms in total. The minimum absolute atomic E-state index is 0.316. The van der Waals surface area contributed by atoms with Gasteiger partial charge in [0.15, 0.2) is 0 Å². The summed E-state index contributed by atoms with van der Waals surface area (Å²) in [5.74, 6) is -0.122. The minimum atomic E-state index is -0.438. The van der Waals surface area contributed by atoms with Gasteiger partial charge in [0.2, 0.25) is 0 Å². The number of hydrogen-bond donors (Lipinski definition) is 2. The normalized spacial score (nSPS) is 10.3. The zero-order valence-electron chi connectivity index (χ0n) is 11.1. The molecule has 2 N–H and O–H groups in total. The summed E-state index contributed by atoms with van der Waals surface area (Å²) in [5.41, 5.74) is 1.13. The van der Waals surface area contributed by atoms with Gasteiger partial charge in [-0.05, 0) is 30.5 Å². The molecule has 0 saturated carbocycles. The van der Waals surface area contributed by atoms with Crippen molar-refractivity contribution in [1.82, 2.24) is 20.1 Å². The largest absolute Gasteiger partial charge is 0.338 e. The van der Waals surface area contributed by atoms with Gasteiger partial charge >= 0.3 is 6.03 Å². The topological polar surface area (TPSA) is 71.8 Å². The zero-order chi connectivity index (χ0) is 14.4. The van der Waals surface area contributed by atoms with Gasteiger partial charge in [-0.15, -0.1) is 0 Å². The van der Waals surface area contributed by atoms with E-state index in [4.69, 9.17) is 0 Å². The van der Waals surface area contributed by atoms with Crippen LogP contribution in [0.3, 0.4) is 0 Å². The third-order valence-corrected chi connectivity index (χ3v) is 2.66. The van der Waals surface area contributed by atoms with Gasteiger partial charge in [0.25, 0.3) is 0 Å². The van der Waals surface area contributed by atoms with Gasteiger partial charge < -0.3 is 5.32 Å². The smallest absolute Gasteiger partial charge is 0.320 e. The van der Waals surface area contributed by atoms with Crippen LogP contribution < -0.4 is 10.6 Å². The fourth-order valence-electron chi connectivity index (χ4n) is 1.71. The Hall–Kier alpha value is -2.44. The maximum Gasteiger partial charge on any atom is 0.320 e. The molecule has 0 atom stereocenters. The van der Waals surface area contributed by atoms with Crippen LogP contribution in [0, 0.1) is 5.82 Å². The van der Waals surface area contributed by atoms with E-state index in [9.17, 15) is 9.18 Å². The van der Waals surface area contributed by atoms with Gasteiger partial charge in [0.05, 0.1) is 12.4 Å². The van der Waals surface area contributed by atoms with Crippen molar-refractivity contribution in [2.45, 2.75) is 12.8 Å². The number of halogens is 1. The van der Waals surface area contributed by atoms with Crippen LogP contribution in [0.4, 0.5) is 15.0 Å². The highest BCUT2D eigenvalue weighted by Gasteiger charge is 2.02. The minimum Gasteiger partial charge on any atom is -0.338 e. The molecule has 0 aliphatic carbocycles. The van der Waals surface area contributed by atoms with Crippen molar-refractivity contribution in [3.63, 3.8) is 0 Å². The lowest BCUT2D eigenvalue weighted by Crippen LogP contribution is -2.30. The van der Waals surface area contributed by atoms with Gasteiger partial charge in [-0.3, -0.25) is 10.00 Å². The standard InChI is InChI=1S/C13H16FN5O/c1-19-9-10(7-17-19)3-2-6-15-13(20)18-12-5-4-11(14)8-16-12/h4-5,7-9H,2-3,6H2,1H3,(H2,15,16,18,20). The molecule has 2 heterocycles. The number of pyridine rings is 1. The Balaban J connectivity index is 1.66. The summed E-state index contributed by atoms with van der Waals surface area (Å²) in [6.45, 7) is 0.544. The molecule has 0 unspecified atom stereocenters. The number of rotatable bonds is 5. The third-order valence-electron chi connectivity index (χ3n) is 2.66. The quantitative estimate of drug-likeness (QED) is 0.817. The molecule has 2 aromatic heterocycles.